The zero-order valence-corrected chi connectivity index (χ0v) is 23.7. The largest absolute Gasteiger partial charge is 0.481 e. The van der Waals surface area contributed by atoms with Gasteiger partial charge in [-0.05, 0) is 51.4 Å². The molecule has 1 unspecified atom stereocenters. The lowest BCUT2D eigenvalue weighted by atomic mass is 10.0. The summed E-state index contributed by atoms with van der Waals surface area (Å²) in [5.74, 6) is -0.665. The van der Waals surface area contributed by atoms with E-state index in [1.165, 1.54) is 70.6 Å². The Morgan fingerprint density at radius 1 is 0.595 bits per heavy atom. The van der Waals surface area contributed by atoms with Gasteiger partial charge in [0.1, 0.15) is 0 Å². The summed E-state index contributed by atoms with van der Waals surface area (Å²) in [7, 11) is 0. The fourth-order valence-corrected chi connectivity index (χ4v) is 3.97. The average Bonchev–Trinajstić information content (AvgIpc) is 2.88. The van der Waals surface area contributed by atoms with Gasteiger partial charge in [0, 0.05) is 6.42 Å². The van der Waals surface area contributed by atoms with Crippen molar-refractivity contribution in [3.05, 3.63) is 72.9 Å². The van der Waals surface area contributed by atoms with Gasteiger partial charge in [0.2, 0.25) is 0 Å². The lowest BCUT2D eigenvalue weighted by Crippen LogP contribution is -1.98. The number of hydrogen-bond acceptors (Lipinski definition) is 2. The summed E-state index contributed by atoms with van der Waals surface area (Å²) in [6, 6.07) is 0. The third-order valence-corrected chi connectivity index (χ3v) is 6.19. The lowest BCUT2D eigenvalue weighted by molar-refractivity contribution is -0.137. The summed E-state index contributed by atoms with van der Waals surface area (Å²) in [4.78, 5) is 10.5. The van der Waals surface area contributed by atoms with E-state index in [1.54, 1.807) is 0 Å². The molecule has 0 aliphatic heterocycles. The average molecular weight is 513 g/mol. The van der Waals surface area contributed by atoms with Crippen molar-refractivity contribution in [3.63, 3.8) is 0 Å². The van der Waals surface area contributed by atoms with E-state index >= 15 is 0 Å². The monoisotopic (exact) mass is 512 g/mol. The van der Waals surface area contributed by atoms with Gasteiger partial charge in [-0.15, -0.1) is 0 Å². The molecule has 0 saturated carbocycles. The van der Waals surface area contributed by atoms with Crippen LogP contribution in [0, 0.1) is 0 Å². The van der Waals surface area contributed by atoms with Crippen LogP contribution in [-0.2, 0) is 4.79 Å². The molecular formula is C34H56O3. The maximum atomic E-state index is 10.5. The molecule has 0 spiro atoms. The molecule has 210 valence electrons. The highest BCUT2D eigenvalue weighted by molar-refractivity contribution is 5.66. The van der Waals surface area contributed by atoms with Crippen LogP contribution in [0.2, 0.25) is 0 Å². The highest BCUT2D eigenvalue weighted by Crippen LogP contribution is 2.13. The first kappa shape index (κ1) is 34.9. The Bertz CT molecular complexity index is 667. The Balaban J connectivity index is 3.41. The second-order valence-electron chi connectivity index (χ2n) is 9.79. The Hall–Kier alpha value is -2.13. The van der Waals surface area contributed by atoms with E-state index in [0.29, 0.717) is 12.8 Å². The Labute approximate surface area is 228 Å². The molecule has 37 heavy (non-hydrogen) atoms. The minimum absolute atomic E-state index is 0.328. The number of carboxylic acids is 1. The van der Waals surface area contributed by atoms with Gasteiger partial charge < -0.3 is 10.2 Å². The molecule has 0 aromatic rings. The predicted molar refractivity (Wildman–Crippen MR) is 162 cm³/mol. The van der Waals surface area contributed by atoms with Gasteiger partial charge in [-0.25, -0.2) is 0 Å². The minimum Gasteiger partial charge on any atom is -0.481 e. The highest BCUT2D eigenvalue weighted by Gasteiger charge is 1.97. The van der Waals surface area contributed by atoms with E-state index < -0.39 is 12.1 Å². The molecule has 0 aromatic heterocycles. The maximum Gasteiger partial charge on any atom is 0.303 e. The molecule has 0 heterocycles. The zero-order valence-electron chi connectivity index (χ0n) is 23.7. The summed E-state index contributed by atoms with van der Waals surface area (Å²) in [6.45, 7) is 2.09. The highest BCUT2D eigenvalue weighted by atomic mass is 16.4. The molecule has 0 rings (SSSR count). The first-order valence-electron chi connectivity index (χ1n) is 15.0. The van der Waals surface area contributed by atoms with Crippen LogP contribution >= 0.6 is 0 Å². The van der Waals surface area contributed by atoms with Crippen LogP contribution in [0.25, 0.3) is 0 Å². The van der Waals surface area contributed by atoms with E-state index in [-0.39, 0.29) is 0 Å². The number of rotatable bonds is 26. The number of aliphatic hydroxyl groups excluding tert-OH is 1. The predicted octanol–water partition coefficient (Wildman–Crippen LogP) is 10.2. The van der Waals surface area contributed by atoms with Crippen molar-refractivity contribution in [1.29, 1.82) is 0 Å². The first-order chi connectivity index (χ1) is 18.2. The second kappa shape index (κ2) is 30.1. The normalized spacial score (nSPS) is 13.6. The second-order valence-corrected chi connectivity index (χ2v) is 9.79. The van der Waals surface area contributed by atoms with E-state index in [2.05, 4.69) is 55.5 Å². The molecule has 0 saturated heterocycles. The number of aliphatic hydroxyl groups is 1. The fourth-order valence-electron chi connectivity index (χ4n) is 3.97. The van der Waals surface area contributed by atoms with Gasteiger partial charge in [0.25, 0.3) is 0 Å². The summed E-state index contributed by atoms with van der Waals surface area (Å²) < 4.78 is 0. The van der Waals surface area contributed by atoms with Crippen molar-refractivity contribution >= 4 is 5.97 Å². The third-order valence-electron chi connectivity index (χ3n) is 6.19. The van der Waals surface area contributed by atoms with E-state index in [9.17, 15) is 9.90 Å². The Morgan fingerprint density at radius 2 is 1.08 bits per heavy atom. The van der Waals surface area contributed by atoms with Crippen LogP contribution in [0.5, 0.6) is 0 Å². The molecule has 0 bridgehead atoms. The molecule has 3 nitrogen and oxygen atoms in total. The van der Waals surface area contributed by atoms with Crippen molar-refractivity contribution < 1.29 is 15.0 Å². The summed E-state index contributed by atoms with van der Waals surface area (Å²) in [5.41, 5.74) is 0. The van der Waals surface area contributed by atoms with E-state index in [4.69, 9.17) is 5.11 Å². The molecule has 0 fully saturated rings. The number of aliphatic carboxylic acids is 1. The molecule has 3 heteroatoms. The van der Waals surface area contributed by atoms with Crippen LogP contribution < -0.4 is 0 Å². The molecule has 2 N–H and O–H groups in total. The van der Waals surface area contributed by atoms with Gasteiger partial charge in [-0.2, -0.15) is 0 Å². The van der Waals surface area contributed by atoms with Gasteiger partial charge in [-0.3, -0.25) is 4.79 Å². The van der Waals surface area contributed by atoms with Gasteiger partial charge in [0.15, 0.2) is 0 Å². The molecule has 1 atom stereocenters. The van der Waals surface area contributed by atoms with Crippen LogP contribution in [0.15, 0.2) is 72.9 Å². The minimum atomic E-state index is -0.665. The van der Waals surface area contributed by atoms with E-state index in [1.807, 2.05) is 24.3 Å². The van der Waals surface area contributed by atoms with E-state index in [0.717, 1.165) is 38.5 Å². The smallest absolute Gasteiger partial charge is 0.303 e. The molecular weight excluding hydrogens is 456 g/mol. The van der Waals surface area contributed by atoms with Crippen molar-refractivity contribution in [3.8, 4) is 0 Å². The molecule has 0 aliphatic carbocycles. The SMILES string of the molecule is CC/C=C/CC(O)/C=C/C=C/C/C=C/C/C=C/C/C=C/CCCCCCCCCCCCCCC(=O)O. The van der Waals surface area contributed by atoms with Crippen LogP contribution in [-0.4, -0.2) is 22.3 Å². The van der Waals surface area contributed by atoms with Crippen molar-refractivity contribution in [1.82, 2.24) is 0 Å². The number of hydrogen-bond donors (Lipinski definition) is 2. The third kappa shape index (κ3) is 31.8. The fraction of sp³-hybridized carbons (Fsp3) is 0.618. The van der Waals surface area contributed by atoms with Crippen molar-refractivity contribution in [2.75, 3.05) is 0 Å². The molecule has 0 aliphatic rings. The Kier molecular flexibility index (Phi) is 28.4. The maximum absolute atomic E-state index is 10.5. The van der Waals surface area contributed by atoms with Gasteiger partial charge in [-0.1, -0.05) is 144 Å². The molecule has 0 amide bonds. The van der Waals surface area contributed by atoms with Crippen molar-refractivity contribution in [2.45, 2.75) is 135 Å². The topological polar surface area (TPSA) is 57.5 Å². The summed E-state index contributed by atoms with van der Waals surface area (Å²) in [5, 5.41) is 18.4. The molecule has 0 radical (unpaired) electrons. The van der Waals surface area contributed by atoms with Crippen molar-refractivity contribution in [2.24, 2.45) is 0 Å². The lowest BCUT2D eigenvalue weighted by Gasteiger charge is -2.02. The quantitative estimate of drug-likeness (QED) is 0.0688. The standard InChI is InChI=1S/C34H56O3/c1-2-3-27-30-33(35)31-28-25-23-21-19-17-15-13-11-9-7-5-4-6-8-10-12-14-16-18-20-22-24-26-29-32-34(36)37/h3,5,7,11,13,17,19,23,25,27-28,31,33,35H,2,4,6,8-10,12,14-16,18,20-22,24,26,29-30,32H2,1H3,(H,36,37)/b7-5+,13-11+,19-17+,25-23+,27-3+,31-28+. The molecule has 0 aromatic carbocycles. The number of carboxylic acid groups (broad SMARTS) is 1. The van der Waals surface area contributed by atoms with Crippen LogP contribution in [0.3, 0.4) is 0 Å². The summed E-state index contributed by atoms with van der Waals surface area (Å²) in [6.07, 6.45) is 46.2. The summed E-state index contributed by atoms with van der Waals surface area (Å²) >= 11 is 0. The van der Waals surface area contributed by atoms with Crippen LogP contribution in [0.1, 0.15) is 129 Å². The van der Waals surface area contributed by atoms with Crippen LogP contribution in [0.4, 0.5) is 0 Å². The van der Waals surface area contributed by atoms with Gasteiger partial charge in [0.05, 0.1) is 6.10 Å². The van der Waals surface area contributed by atoms with Gasteiger partial charge >= 0.3 is 5.97 Å². The zero-order chi connectivity index (χ0) is 27.1. The first-order valence-corrected chi connectivity index (χ1v) is 15.0. The number of allylic oxidation sites excluding steroid dienone is 10. The number of unbranched alkanes of at least 4 members (excludes halogenated alkanes) is 12. The Morgan fingerprint density at radius 3 is 1.62 bits per heavy atom. The number of carbonyl (C=O) groups is 1.